The normalized spacial score (nSPS) is 11.4. The number of esters is 1. The van der Waals surface area contributed by atoms with Gasteiger partial charge in [-0.1, -0.05) is 29.3 Å². The molecule has 0 radical (unpaired) electrons. The van der Waals surface area contributed by atoms with Gasteiger partial charge in [-0.3, -0.25) is 0 Å². The monoisotopic (exact) mass is 367 g/mol. The first-order valence-corrected chi connectivity index (χ1v) is 6.72. The highest BCUT2D eigenvalue weighted by molar-refractivity contribution is 6.32. The number of benzene rings is 1. The lowest BCUT2D eigenvalue weighted by molar-refractivity contribution is -0.138. The fourth-order valence-electron chi connectivity index (χ4n) is 1.84. The molecular formula is C14H7Cl2F4NO2. The lowest BCUT2D eigenvalue weighted by atomic mass is 10.0. The van der Waals surface area contributed by atoms with Crippen molar-refractivity contribution in [1.29, 1.82) is 0 Å². The second kappa shape index (κ2) is 6.33. The van der Waals surface area contributed by atoms with Crippen molar-refractivity contribution in [2.45, 2.75) is 6.18 Å². The third-order valence-corrected chi connectivity index (χ3v) is 3.47. The van der Waals surface area contributed by atoms with Crippen LogP contribution in [0.3, 0.4) is 0 Å². The molecule has 0 saturated heterocycles. The summed E-state index contributed by atoms with van der Waals surface area (Å²) in [5.41, 5.74) is -2.46. The van der Waals surface area contributed by atoms with E-state index in [1.807, 2.05) is 0 Å². The van der Waals surface area contributed by atoms with E-state index >= 15 is 0 Å². The molecule has 0 aliphatic rings. The van der Waals surface area contributed by atoms with E-state index < -0.39 is 34.2 Å². The number of nitrogens with zero attached hydrogens (tertiary/aromatic N) is 1. The van der Waals surface area contributed by atoms with Crippen LogP contribution < -0.4 is 0 Å². The van der Waals surface area contributed by atoms with Gasteiger partial charge in [-0.05, 0) is 18.2 Å². The molecule has 0 atom stereocenters. The van der Waals surface area contributed by atoms with E-state index in [-0.39, 0.29) is 16.3 Å². The SMILES string of the molecule is COC(=O)c1c(C(F)(F)F)cc(-c2ccc(Cl)c(F)c2)nc1Cl. The van der Waals surface area contributed by atoms with Crippen molar-refractivity contribution in [1.82, 2.24) is 4.98 Å². The summed E-state index contributed by atoms with van der Waals surface area (Å²) in [6, 6.07) is 3.96. The van der Waals surface area contributed by atoms with Crippen LogP contribution in [0, 0.1) is 5.82 Å². The molecule has 1 aromatic carbocycles. The van der Waals surface area contributed by atoms with Gasteiger partial charge in [-0.15, -0.1) is 0 Å². The molecule has 0 fully saturated rings. The largest absolute Gasteiger partial charge is 0.465 e. The van der Waals surface area contributed by atoms with Crippen LogP contribution in [0.1, 0.15) is 15.9 Å². The molecule has 0 saturated carbocycles. The molecule has 0 amide bonds. The number of carbonyl (C=O) groups is 1. The maximum Gasteiger partial charge on any atom is 0.417 e. The van der Waals surface area contributed by atoms with Crippen LogP contribution in [0.25, 0.3) is 11.3 Å². The van der Waals surface area contributed by atoms with Gasteiger partial charge in [0.15, 0.2) is 0 Å². The highest BCUT2D eigenvalue weighted by Crippen LogP contribution is 2.37. The molecule has 2 rings (SSSR count). The van der Waals surface area contributed by atoms with Crippen LogP contribution in [0.4, 0.5) is 17.6 Å². The Labute approximate surface area is 137 Å². The van der Waals surface area contributed by atoms with E-state index in [4.69, 9.17) is 23.2 Å². The molecule has 23 heavy (non-hydrogen) atoms. The average molecular weight is 368 g/mol. The van der Waals surface area contributed by atoms with Crippen LogP contribution in [-0.4, -0.2) is 18.1 Å². The van der Waals surface area contributed by atoms with Gasteiger partial charge in [-0.2, -0.15) is 13.2 Å². The van der Waals surface area contributed by atoms with Gasteiger partial charge >= 0.3 is 12.1 Å². The maximum atomic E-state index is 13.5. The van der Waals surface area contributed by atoms with Crippen LogP contribution in [0.15, 0.2) is 24.3 Å². The third-order valence-electron chi connectivity index (χ3n) is 2.89. The summed E-state index contributed by atoms with van der Waals surface area (Å²) in [6.07, 6.45) is -4.88. The minimum Gasteiger partial charge on any atom is -0.465 e. The summed E-state index contributed by atoms with van der Waals surface area (Å²) >= 11 is 11.2. The first-order valence-electron chi connectivity index (χ1n) is 5.96. The zero-order chi connectivity index (χ0) is 17.4. The van der Waals surface area contributed by atoms with Crippen LogP contribution in [0.2, 0.25) is 10.2 Å². The summed E-state index contributed by atoms with van der Waals surface area (Å²) in [4.78, 5) is 15.2. The molecule has 0 N–H and O–H groups in total. The van der Waals surface area contributed by atoms with Crippen molar-refractivity contribution in [2.24, 2.45) is 0 Å². The van der Waals surface area contributed by atoms with Gasteiger partial charge in [0.05, 0.1) is 23.4 Å². The minimum absolute atomic E-state index is 0.0238. The quantitative estimate of drug-likeness (QED) is 0.426. The first-order chi connectivity index (χ1) is 10.6. The number of rotatable bonds is 2. The fraction of sp³-hybridized carbons (Fsp3) is 0.143. The average Bonchev–Trinajstić information content (AvgIpc) is 2.47. The first kappa shape index (κ1) is 17.5. The molecule has 0 aliphatic carbocycles. The third kappa shape index (κ3) is 3.56. The second-order valence-corrected chi connectivity index (χ2v) is 5.10. The summed E-state index contributed by atoms with van der Waals surface area (Å²) in [5, 5.41) is -0.890. The van der Waals surface area contributed by atoms with Gasteiger partial charge in [0, 0.05) is 5.56 Å². The number of halogens is 6. The molecule has 9 heteroatoms. The van der Waals surface area contributed by atoms with E-state index in [0.29, 0.717) is 6.07 Å². The molecule has 0 unspecified atom stereocenters. The highest BCUT2D eigenvalue weighted by Gasteiger charge is 2.38. The predicted molar refractivity (Wildman–Crippen MR) is 76.0 cm³/mol. The van der Waals surface area contributed by atoms with E-state index in [1.165, 1.54) is 12.1 Å². The number of carbonyl (C=O) groups excluding carboxylic acids is 1. The Kier molecular flexibility index (Phi) is 4.81. The zero-order valence-electron chi connectivity index (χ0n) is 11.3. The number of aromatic nitrogens is 1. The van der Waals surface area contributed by atoms with Crippen molar-refractivity contribution in [2.75, 3.05) is 7.11 Å². The van der Waals surface area contributed by atoms with Crippen molar-refractivity contribution < 1.29 is 27.1 Å². The molecule has 2 aromatic rings. The number of pyridine rings is 1. The molecule has 0 bridgehead atoms. The highest BCUT2D eigenvalue weighted by atomic mass is 35.5. The summed E-state index contributed by atoms with van der Waals surface area (Å²) in [6.45, 7) is 0. The van der Waals surface area contributed by atoms with Gasteiger partial charge in [0.25, 0.3) is 0 Å². The number of hydrogen-bond acceptors (Lipinski definition) is 3. The molecule has 3 nitrogen and oxygen atoms in total. The van der Waals surface area contributed by atoms with E-state index in [9.17, 15) is 22.4 Å². The minimum atomic E-state index is -4.88. The lowest BCUT2D eigenvalue weighted by Crippen LogP contribution is -2.16. The topological polar surface area (TPSA) is 39.2 Å². The van der Waals surface area contributed by atoms with Crippen molar-refractivity contribution in [3.63, 3.8) is 0 Å². The van der Waals surface area contributed by atoms with Crippen molar-refractivity contribution in [3.8, 4) is 11.3 Å². The van der Waals surface area contributed by atoms with Crippen molar-refractivity contribution in [3.05, 3.63) is 51.4 Å². The summed E-state index contributed by atoms with van der Waals surface area (Å²) in [7, 11) is 0.918. The van der Waals surface area contributed by atoms with Crippen molar-refractivity contribution >= 4 is 29.2 Å². The van der Waals surface area contributed by atoms with Gasteiger partial charge in [0.2, 0.25) is 0 Å². The Morgan fingerprint density at radius 2 is 1.87 bits per heavy atom. The standard InChI is InChI=1S/C14H7Cl2F4NO2/c1-23-13(22)11-7(14(18,19)20)5-10(21-12(11)16)6-2-3-8(15)9(17)4-6/h2-5H,1H3. The Morgan fingerprint density at radius 3 is 2.39 bits per heavy atom. The Balaban J connectivity index is 2.71. The smallest absolute Gasteiger partial charge is 0.417 e. The lowest BCUT2D eigenvalue weighted by Gasteiger charge is -2.14. The number of hydrogen-bond donors (Lipinski definition) is 0. The van der Waals surface area contributed by atoms with Gasteiger partial charge < -0.3 is 4.74 Å². The van der Waals surface area contributed by atoms with Crippen LogP contribution in [0.5, 0.6) is 0 Å². The molecule has 0 aliphatic heterocycles. The number of ether oxygens (including phenoxy) is 1. The zero-order valence-corrected chi connectivity index (χ0v) is 12.9. The molecular weight excluding hydrogens is 361 g/mol. The Bertz CT molecular complexity index is 778. The van der Waals surface area contributed by atoms with Gasteiger partial charge in [-0.25, -0.2) is 14.2 Å². The molecule has 0 spiro atoms. The molecule has 1 aromatic heterocycles. The summed E-state index contributed by atoms with van der Waals surface area (Å²) in [5.74, 6) is -2.10. The fourth-order valence-corrected chi connectivity index (χ4v) is 2.22. The van der Waals surface area contributed by atoms with E-state index in [0.717, 1.165) is 13.2 Å². The van der Waals surface area contributed by atoms with Crippen LogP contribution >= 0.6 is 23.2 Å². The Morgan fingerprint density at radius 1 is 1.22 bits per heavy atom. The molecule has 1 heterocycles. The predicted octanol–water partition coefficient (Wildman–Crippen LogP) is 5.00. The molecule has 122 valence electrons. The van der Waals surface area contributed by atoms with Gasteiger partial charge in [0.1, 0.15) is 16.5 Å². The van der Waals surface area contributed by atoms with E-state index in [1.54, 1.807) is 0 Å². The summed E-state index contributed by atoms with van der Waals surface area (Å²) < 4.78 is 57.3. The maximum absolute atomic E-state index is 13.5. The Hall–Kier alpha value is -1.86. The second-order valence-electron chi connectivity index (χ2n) is 4.34. The van der Waals surface area contributed by atoms with Crippen LogP contribution in [-0.2, 0) is 10.9 Å². The number of alkyl halides is 3. The number of methoxy groups -OCH3 is 1. The van der Waals surface area contributed by atoms with E-state index in [2.05, 4.69) is 9.72 Å².